The van der Waals surface area contributed by atoms with Gasteiger partial charge >= 0.3 is 0 Å². The normalized spacial score (nSPS) is 19.2. The fourth-order valence-corrected chi connectivity index (χ4v) is 8.75. The molecule has 2 aliphatic rings. The lowest BCUT2D eigenvalue weighted by atomic mass is 9.77. The molecule has 0 fully saturated rings. The highest BCUT2D eigenvalue weighted by Gasteiger charge is 2.56. The number of amides is 4. The minimum absolute atomic E-state index is 0.198. The molecule has 0 saturated heterocycles. The van der Waals surface area contributed by atoms with Crippen molar-refractivity contribution in [1.29, 1.82) is 0 Å². The molecule has 4 amide bonds. The van der Waals surface area contributed by atoms with Crippen molar-refractivity contribution >= 4 is 40.6 Å². The first kappa shape index (κ1) is 42.8. The molecule has 1 aliphatic heterocycles. The molecule has 0 saturated carbocycles. The smallest absolute Gasteiger partial charge is 0.276 e. The van der Waals surface area contributed by atoms with E-state index in [-0.39, 0.29) is 29.6 Å². The van der Waals surface area contributed by atoms with Crippen LogP contribution in [0.3, 0.4) is 0 Å². The molecule has 5 aromatic rings. The fourth-order valence-electron chi connectivity index (χ4n) is 8.75. The highest BCUT2D eigenvalue weighted by atomic mass is 16.5. The summed E-state index contributed by atoms with van der Waals surface area (Å²) in [5.41, 5.74) is 29.0. The van der Waals surface area contributed by atoms with Gasteiger partial charge in [-0.15, -0.1) is 0 Å². The zero-order valence-corrected chi connectivity index (χ0v) is 35.4. The predicted octanol–water partition coefficient (Wildman–Crippen LogP) is 2.54. The molecule has 1 aliphatic carbocycles. The highest BCUT2D eigenvalue weighted by molar-refractivity contribution is 6.04. The Hall–Kier alpha value is -6.31. The van der Waals surface area contributed by atoms with Gasteiger partial charge < -0.3 is 47.2 Å². The van der Waals surface area contributed by atoms with Crippen molar-refractivity contribution in [3.05, 3.63) is 81.4 Å². The SMILES string of the molecule is CCn1nc(C)cc1C(=O)Nc1nc2cc(C(N)=O)cc(OCCCN(C)C)c2n1CCC[C@@H]1COc2cc(C(N)=O)cc3c2C1[C@@](N)(NC(=O)c1cc(C)nn1CC)C3N. The number of benzene rings is 2. The monoisotopic (exact) mass is 837 g/mol. The summed E-state index contributed by atoms with van der Waals surface area (Å²) >= 11 is 0. The number of ether oxygens (including phenoxy) is 2. The molecule has 3 aromatic heterocycles. The van der Waals surface area contributed by atoms with Crippen LogP contribution < -0.4 is 43.0 Å². The van der Waals surface area contributed by atoms with Crippen LogP contribution in [0.4, 0.5) is 5.95 Å². The molecule has 61 heavy (non-hydrogen) atoms. The summed E-state index contributed by atoms with van der Waals surface area (Å²) < 4.78 is 17.7. The van der Waals surface area contributed by atoms with E-state index in [4.69, 9.17) is 37.4 Å². The Balaban J connectivity index is 1.25. The molecule has 19 nitrogen and oxygen atoms in total. The number of anilines is 1. The minimum atomic E-state index is -1.50. The number of nitrogens with zero attached hydrogens (tertiary/aromatic N) is 7. The number of primary amides is 2. The number of imidazole rings is 1. The maximum Gasteiger partial charge on any atom is 0.276 e. The third-order valence-electron chi connectivity index (χ3n) is 11.5. The van der Waals surface area contributed by atoms with Crippen LogP contribution in [-0.4, -0.2) is 97.2 Å². The lowest BCUT2D eigenvalue weighted by molar-refractivity contribution is 0.0779. The summed E-state index contributed by atoms with van der Waals surface area (Å²) in [6.07, 6.45) is 1.73. The number of aromatic nitrogens is 6. The van der Waals surface area contributed by atoms with E-state index in [1.54, 1.807) is 45.8 Å². The Morgan fingerprint density at radius 1 is 0.918 bits per heavy atom. The Labute approximate surface area is 353 Å². The molecular weight excluding hydrogens is 783 g/mol. The van der Waals surface area contributed by atoms with Gasteiger partial charge in [0.2, 0.25) is 17.8 Å². The summed E-state index contributed by atoms with van der Waals surface area (Å²) in [5.74, 6) is -1.89. The van der Waals surface area contributed by atoms with Crippen molar-refractivity contribution in [2.75, 3.05) is 39.2 Å². The van der Waals surface area contributed by atoms with Crippen molar-refractivity contribution in [1.82, 2.24) is 39.3 Å². The van der Waals surface area contributed by atoms with Gasteiger partial charge in [-0.25, -0.2) is 4.98 Å². The van der Waals surface area contributed by atoms with Crippen molar-refractivity contribution in [2.45, 2.75) is 84.2 Å². The number of hydrogen-bond donors (Lipinski definition) is 6. The van der Waals surface area contributed by atoms with E-state index < -0.39 is 41.3 Å². The first-order chi connectivity index (χ1) is 29.0. The van der Waals surface area contributed by atoms with Gasteiger partial charge in [0, 0.05) is 54.7 Å². The largest absolute Gasteiger partial charge is 0.493 e. The molecule has 10 N–H and O–H groups in total. The van der Waals surface area contributed by atoms with Crippen LogP contribution in [0.5, 0.6) is 11.5 Å². The Bertz CT molecular complexity index is 2520. The van der Waals surface area contributed by atoms with E-state index in [2.05, 4.69) is 20.8 Å². The molecule has 4 atom stereocenters. The topological polar surface area (TPSA) is 272 Å². The summed E-state index contributed by atoms with van der Waals surface area (Å²) in [7, 11) is 3.95. The van der Waals surface area contributed by atoms with Gasteiger partial charge in [-0.1, -0.05) is 0 Å². The number of fused-ring (bicyclic) bond motifs is 1. The van der Waals surface area contributed by atoms with E-state index in [0.29, 0.717) is 102 Å². The molecule has 2 aromatic carbocycles. The molecule has 0 radical (unpaired) electrons. The minimum Gasteiger partial charge on any atom is -0.493 e. The van der Waals surface area contributed by atoms with Gasteiger partial charge in [0.25, 0.3) is 11.8 Å². The summed E-state index contributed by atoms with van der Waals surface area (Å²) in [6, 6.07) is 8.89. The average Bonchev–Trinajstić information content (AvgIpc) is 3.95. The van der Waals surface area contributed by atoms with E-state index in [9.17, 15) is 19.2 Å². The summed E-state index contributed by atoms with van der Waals surface area (Å²) in [5, 5.41) is 15.0. The first-order valence-corrected chi connectivity index (χ1v) is 20.5. The van der Waals surface area contributed by atoms with E-state index in [1.165, 1.54) is 0 Å². The van der Waals surface area contributed by atoms with Gasteiger partial charge in [-0.05, 0) is 103 Å². The number of carbonyl (C=O) groups is 4. The number of nitrogens with one attached hydrogen (secondary N) is 2. The summed E-state index contributed by atoms with van der Waals surface area (Å²) in [4.78, 5) is 59.7. The van der Waals surface area contributed by atoms with Crippen molar-refractivity contribution in [2.24, 2.45) is 28.9 Å². The quantitative estimate of drug-likeness (QED) is 0.0583. The second kappa shape index (κ2) is 17.0. The van der Waals surface area contributed by atoms with Crippen molar-refractivity contribution in [3.8, 4) is 11.5 Å². The maximum atomic E-state index is 14.0. The van der Waals surface area contributed by atoms with Gasteiger partial charge in [0.15, 0.2) is 0 Å². The Kier molecular flexibility index (Phi) is 11.9. The van der Waals surface area contributed by atoms with Gasteiger partial charge in [0.05, 0.1) is 36.2 Å². The third kappa shape index (κ3) is 8.15. The number of aryl methyl sites for hydroxylation is 5. The Morgan fingerprint density at radius 2 is 1.56 bits per heavy atom. The van der Waals surface area contributed by atoms with Crippen LogP contribution in [0.25, 0.3) is 11.0 Å². The molecule has 2 unspecified atom stereocenters. The van der Waals surface area contributed by atoms with Gasteiger partial charge in [-0.3, -0.25) is 33.9 Å². The lowest BCUT2D eigenvalue weighted by Crippen LogP contribution is -2.64. The number of nitrogens with two attached hydrogens (primary N) is 4. The van der Waals surface area contributed by atoms with Crippen LogP contribution >= 0.6 is 0 Å². The van der Waals surface area contributed by atoms with Crippen LogP contribution in [0.1, 0.15) is 109 Å². The van der Waals surface area contributed by atoms with Crippen LogP contribution in [0.2, 0.25) is 0 Å². The van der Waals surface area contributed by atoms with Gasteiger partial charge in [0.1, 0.15) is 34.1 Å². The van der Waals surface area contributed by atoms with Gasteiger partial charge in [-0.2, -0.15) is 10.2 Å². The second-order valence-electron chi connectivity index (χ2n) is 16.1. The van der Waals surface area contributed by atoms with Crippen LogP contribution in [0, 0.1) is 19.8 Å². The van der Waals surface area contributed by atoms with Crippen LogP contribution in [0.15, 0.2) is 36.4 Å². The molecule has 4 heterocycles. The predicted molar refractivity (Wildman–Crippen MR) is 227 cm³/mol. The highest BCUT2D eigenvalue weighted by Crippen LogP contribution is 2.55. The maximum absolute atomic E-state index is 14.0. The Morgan fingerprint density at radius 3 is 2.18 bits per heavy atom. The van der Waals surface area contributed by atoms with E-state index in [0.717, 1.165) is 6.54 Å². The summed E-state index contributed by atoms with van der Waals surface area (Å²) in [6.45, 7) is 10.0. The zero-order valence-electron chi connectivity index (χ0n) is 35.4. The second-order valence-corrected chi connectivity index (χ2v) is 16.1. The molecule has 324 valence electrons. The van der Waals surface area contributed by atoms with Crippen molar-refractivity contribution < 1.29 is 28.7 Å². The van der Waals surface area contributed by atoms with Crippen molar-refractivity contribution in [3.63, 3.8) is 0 Å². The molecule has 0 bridgehead atoms. The standard InChI is InChI=1S/C42H55N13O6/c1-7-54-29(15-22(3)50-54)39(58)48-41-47-28-18-26(38(45)57)20-32(60-14-10-12-52(5)6)35(28)53(41)13-9-11-24-21-61-31-19-25(37(44)56)17-27-33(31)34(24)42(46,36(27)43)49-40(59)30-16-23(4)51-55(30)8-2/h15-20,24,34,36H,7-14,21,43,46H2,1-6H3,(H2,44,56)(H2,45,57)(H,49,59)(H,47,48,58)/t24-,34?,36?,42-/m1/s1. The molecule has 7 rings (SSSR count). The fraction of sp³-hybridized carbons (Fsp3) is 0.452. The van der Waals surface area contributed by atoms with E-state index >= 15 is 0 Å². The number of carbonyl (C=O) groups excluding carboxylic acids is 4. The molecular formula is C42H55N13O6. The zero-order chi connectivity index (χ0) is 43.9. The average molecular weight is 838 g/mol. The van der Waals surface area contributed by atoms with Crippen LogP contribution in [-0.2, 0) is 19.6 Å². The number of rotatable bonds is 17. The first-order valence-electron chi connectivity index (χ1n) is 20.5. The molecule has 19 heteroatoms. The van der Waals surface area contributed by atoms with E-state index in [1.807, 2.05) is 51.3 Å². The third-order valence-corrected chi connectivity index (χ3v) is 11.5. The molecule has 0 spiro atoms. The lowest BCUT2D eigenvalue weighted by Gasteiger charge is -2.42. The number of hydrogen-bond acceptors (Lipinski definition) is 12.